The highest BCUT2D eigenvalue weighted by molar-refractivity contribution is 5.76. The molecule has 1 amide bonds. The van der Waals surface area contributed by atoms with Gasteiger partial charge in [-0.2, -0.15) is 0 Å². The van der Waals surface area contributed by atoms with Gasteiger partial charge in [-0.05, 0) is 83.5 Å². The van der Waals surface area contributed by atoms with Crippen LogP contribution in [-0.2, 0) is 14.3 Å². The molecule has 0 spiro atoms. The number of aliphatic hydroxyl groups is 2. The van der Waals surface area contributed by atoms with Crippen LogP contribution >= 0.6 is 0 Å². The summed E-state index contributed by atoms with van der Waals surface area (Å²) in [6.45, 7) is 4.92. The molecule has 0 bridgehead atoms. The quantitative estimate of drug-likeness (QED) is 0.0320. The van der Waals surface area contributed by atoms with E-state index in [1.807, 2.05) is 6.08 Å². The van der Waals surface area contributed by atoms with Crippen molar-refractivity contribution in [3.63, 3.8) is 0 Å². The summed E-state index contributed by atoms with van der Waals surface area (Å²) in [5.74, 6) is -0.0525. The van der Waals surface area contributed by atoms with E-state index in [2.05, 4.69) is 43.5 Å². The third-order valence-corrected chi connectivity index (χ3v) is 16.9. The summed E-state index contributed by atoms with van der Waals surface area (Å²) in [5, 5.41) is 23.2. The van der Waals surface area contributed by atoms with Crippen LogP contribution in [0.4, 0.5) is 0 Å². The smallest absolute Gasteiger partial charge is 0.305 e. The molecular formula is C74H141NO5. The fraction of sp³-hybridized carbons (Fsp3) is 0.892. The maximum Gasteiger partial charge on any atom is 0.305 e. The minimum Gasteiger partial charge on any atom is -0.466 e. The van der Waals surface area contributed by atoms with Crippen molar-refractivity contribution in [3.8, 4) is 0 Å². The van der Waals surface area contributed by atoms with E-state index in [9.17, 15) is 19.8 Å². The number of hydrogen-bond acceptors (Lipinski definition) is 5. The van der Waals surface area contributed by atoms with Gasteiger partial charge in [0, 0.05) is 12.8 Å². The molecule has 0 heterocycles. The average molecular weight is 1120 g/mol. The Labute approximate surface area is 500 Å². The van der Waals surface area contributed by atoms with Crippen molar-refractivity contribution in [3.05, 3.63) is 36.5 Å². The van der Waals surface area contributed by atoms with Gasteiger partial charge in [0.05, 0.1) is 25.4 Å². The van der Waals surface area contributed by atoms with Gasteiger partial charge in [0.1, 0.15) is 0 Å². The first-order chi connectivity index (χ1) is 39.5. The number of carbonyl (C=O) groups excluding carboxylic acids is 2. The number of amides is 1. The first-order valence-corrected chi connectivity index (χ1v) is 36.3. The minimum absolute atomic E-state index is 0.00948. The Kier molecular flexibility index (Phi) is 67.9. The van der Waals surface area contributed by atoms with E-state index in [1.54, 1.807) is 6.08 Å². The van der Waals surface area contributed by atoms with Gasteiger partial charge >= 0.3 is 5.97 Å². The van der Waals surface area contributed by atoms with Crippen molar-refractivity contribution in [2.45, 2.75) is 411 Å². The number of rotatable bonds is 68. The number of nitrogens with one attached hydrogen (secondary N) is 1. The zero-order chi connectivity index (χ0) is 57.8. The summed E-state index contributed by atoms with van der Waals surface area (Å²) in [4.78, 5) is 24.5. The lowest BCUT2D eigenvalue weighted by atomic mass is 10.0. The van der Waals surface area contributed by atoms with Crippen molar-refractivity contribution >= 4 is 11.9 Å². The molecule has 472 valence electrons. The minimum atomic E-state index is -0.843. The second-order valence-electron chi connectivity index (χ2n) is 24.9. The number of allylic oxidation sites excluding steroid dienone is 5. The molecule has 0 aliphatic heterocycles. The Morgan fingerprint density at radius 1 is 0.338 bits per heavy atom. The summed E-state index contributed by atoms with van der Waals surface area (Å²) in [6.07, 6.45) is 89.5. The summed E-state index contributed by atoms with van der Waals surface area (Å²) < 4.78 is 5.48. The third kappa shape index (κ3) is 65.2. The molecule has 0 aromatic heterocycles. The van der Waals surface area contributed by atoms with Gasteiger partial charge in [-0.1, -0.05) is 339 Å². The summed E-state index contributed by atoms with van der Waals surface area (Å²) in [5.41, 5.74) is 0. The van der Waals surface area contributed by atoms with Crippen LogP contribution < -0.4 is 5.32 Å². The Morgan fingerprint density at radius 2 is 0.588 bits per heavy atom. The molecule has 0 aliphatic carbocycles. The van der Waals surface area contributed by atoms with Crippen LogP contribution in [0.5, 0.6) is 0 Å². The summed E-state index contributed by atoms with van der Waals surface area (Å²) in [7, 11) is 0. The second kappa shape index (κ2) is 69.6. The van der Waals surface area contributed by atoms with Gasteiger partial charge in [0.25, 0.3) is 0 Å². The van der Waals surface area contributed by atoms with Crippen LogP contribution in [0.2, 0.25) is 0 Å². The highest BCUT2D eigenvalue weighted by Crippen LogP contribution is 2.18. The molecule has 2 atom stereocenters. The Morgan fingerprint density at radius 3 is 0.900 bits per heavy atom. The van der Waals surface area contributed by atoms with Crippen molar-refractivity contribution in [1.29, 1.82) is 0 Å². The number of esters is 1. The zero-order valence-electron chi connectivity index (χ0n) is 54.1. The van der Waals surface area contributed by atoms with E-state index in [0.717, 1.165) is 44.9 Å². The maximum atomic E-state index is 12.5. The summed E-state index contributed by atoms with van der Waals surface area (Å²) >= 11 is 0. The molecule has 3 N–H and O–H groups in total. The molecule has 0 saturated heterocycles. The monoisotopic (exact) mass is 1120 g/mol. The molecule has 0 aliphatic rings. The predicted octanol–water partition coefficient (Wildman–Crippen LogP) is 23.5. The lowest BCUT2D eigenvalue weighted by Crippen LogP contribution is -2.45. The van der Waals surface area contributed by atoms with Gasteiger partial charge in [0.15, 0.2) is 0 Å². The predicted molar refractivity (Wildman–Crippen MR) is 352 cm³/mol. The van der Waals surface area contributed by atoms with Crippen LogP contribution in [0.15, 0.2) is 36.5 Å². The number of unbranched alkanes of at least 4 members (excludes halogenated alkanes) is 53. The van der Waals surface area contributed by atoms with Crippen LogP contribution in [0, 0.1) is 0 Å². The van der Waals surface area contributed by atoms with Crippen LogP contribution in [-0.4, -0.2) is 47.4 Å². The molecule has 2 unspecified atom stereocenters. The average Bonchev–Trinajstić information content (AvgIpc) is 3.46. The van der Waals surface area contributed by atoms with Crippen LogP contribution in [0.3, 0.4) is 0 Å². The first-order valence-electron chi connectivity index (χ1n) is 36.3. The fourth-order valence-corrected chi connectivity index (χ4v) is 11.3. The van der Waals surface area contributed by atoms with Crippen molar-refractivity contribution in [1.82, 2.24) is 5.32 Å². The molecule has 6 nitrogen and oxygen atoms in total. The molecule has 0 saturated carbocycles. The molecule has 0 fully saturated rings. The van der Waals surface area contributed by atoms with Gasteiger partial charge < -0.3 is 20.3 Å². The number of carbonyl (C=O) groups is 2. The van der Waals surface area contributed by atoms with Crippen LogP contribution in [0.1, 0.15) is 399 Å². The lowest BCUT2D eigenvalue weighted by molar-refractivity contribution is -0.143. The van der Waals surface area contributed by atoms with Crippen molar-refractivity contribution < 1.29 is 24.5 Å². The largest absolute Gasteiger partial charge is 0.466 e. The standard InChI is InChI=1S/C74H141NO5/c1-3-5-7-9-11-13-15-17-18-36-39-43-46-50-54-58-62-66-72(77)71(70-76)75-73(78)67-63-59-55-51-47-44-40-37-34-32-30-28-26-24-22-20-19-21-23-25-27-29-31-33-35-38-41-45-49-53-57-61-65-69-80-74(79)68-64-60-56-52-48-42-16-14-12-10-8-6-4-2/h14,16,23,25,62,66,71-72,76-77H,3-13,15,17-22,24,26-61,63-65,67-70H2,1-2H3,(H,75,78)/b16-14-,25-23-,66-62+. The Balaban J connectivity index is 3.37. The third-order valence-electron chi connectivity index (χ3n) is 16.9. The zero-order valence-corrected chi connectivity index (χ0v) is 54.1. The molecule has 0 radical (unpaired) electrons. The van der Waals surface area contributed by atoms with E-state index in [4.69, 9.17) is 4.74 Å². The Bertz CT molecular complexity index is 1300. The highest BCUT2D eigenvalue weighted by atomic mass is 16.5. The first kappa shape index (κ1) is 78.1. The van der Waals surface area contributed by atoms with Gasteiger partial charge in [-0.15, -0.1) is 0 Å². The molecule has 0 rings (SSSR count). The molecule has 80 heavy (non-hydrogen) atoms. The van der Waals surface area contributed by atoms with E-state index in [0.29, 0.717) is 19.4 Å². The lowest BCUT2D eigenvalue weighted by Gasteiger charge is -2.20. The van der Waals surface area contributed by atoms with Gasteiger partial charge in [0.2, 0.25) is 5.91 Å². The number of aliphatic hydroxyl groups excluding tert-OH is 2. The summed E-state index contributed by atoms with van der Waals surface area (Å²) in [6, 6.07) is -0.626. The second-order valence-corrected chi connectivity index (χ2v) is 24.9. The molecule has 0 aromatic carbocycles. The van der Waals surface area contributed by atoms with Crippen molar-refractivity contribution in [2.75, 3.05) is 13.2 Å². The van der Waals surface area contributed by atoms with E-state index >= 15 is 0 Å². The van der Waals surface area contributed by atoms with Gasteiger partial charge in [-0.25, -0.2) is 0 Å². The molecule has 6 heteroatoms. The SMILES string of the molecule is CCCCCC/C=C\CCCCCCCC(=O)OCCCCCCCCCCCCCC/C=C\CCCCCCCCCCCCCCCCCCCC(=O)NC(CO)C(O)/C=C/CCCCCCCCCCCCCCCCC. The fourth-order valence-electron chi connectivity index (χ4n) is 11.3. The maximum absolute atomic E-state index is 12.5. The van der Waals surface area contributed by atoms with Gasteiger partial charge in [-0.3, -0.25) is 9.59 Å². The highest BCUT2D eigenvalue weighted by Gasteiger charge is 2.18. The van der Waals surface area contributed by atoms with E-state index in [-0.39, 0.29) is 18.5 Å². The van der Waals surface area contributed by atoms with Crippen LogP contribution in [0.25, 0.3) is 0 Å². The molecular weight excluding hydrogens is 983 g/mol. The number of ether oxygens (including phenoxy) is 1. The topological polar surface area (TPSA) is 95.9 Å². The van der Waals surface area contributed by atoms with Crippen molar-refractivity contribution in [2.24, 2.45) is 0 Å². The Hall–Kier alpha value is -1.92. The van der Waals surface area contributed by atoms with E-state index in [1.165, 1.54) is 327 Å². The van der Waals surface area contributed by atoms with E-state index < -0.39 is 12.1 Å². The normalized spacial score (nSPS) is 12.7. The number of hydrogen-bond donors (Lipinski definition) is 3. The molecule has 0 aromatic rings.